The third-order valence-corrected chi connectivity index (χ3v) is 3.08. The molecule has 0 radical (unpaired) electrons. The topological polar surface area (TPSA) is 49.6 Å². The van der Waals surface area contributed by atoms with Crippen LogP contribution in [0.1, 0.15) is 26.2 Å². The molecule has 0 spiro atoms. The Hall–Kier alpha value is -1.62. The number of carbonyl (C=O) groups excluding carboxylic acids is 2. The fourth-order valence-corrected chi connectivity index (χ4v) is 1.83. The van der Waals surface area contributed by atoms with Crippen LogP contribution in [0.25, 0.3) is 0 Å². The van der Waals surface area contributed by atoms with Crippen molar-refractivity contribution in [1.82, 2.24) is 9.80 Å². The van der Waals surface area contributed by atoms with Gasteiger partial charge < -0.3 is 14.5 Å². The van der Waals surface area contributed by atoms with Gasteiger partial charge in [-0.3, -0.25) is 9.59 Å². The van der Waals surface area contributed by atoms with E-state index in [1.165, 1.54) is 6.20 Å². The van der Waals surface area contributed by atoms with Gasteiger partial charge in [0.1, 0.15) is 12.6 Å². The second-order valence-electron chi connectivity index (χ2n) is 4.41. The van der Waals surface area contributed by atoms with Crippen LogP contribution in [0, 0.1) is 0 Å². The number of ether oxygens (including phenoxy) is 1. The number of morpholine rings is 1. The van der Waals surface area contributed by atoms with Gasteiger partial charge in [-0.2, -0.15) is 0 Å². The van der Waals surface area contributed by atoms with Crippen LogP contribution in [0.5, 0.6) is 0 Å². The molecular weight excluding hydrogens is 244 g/mol. The first-order valence-electron chi connectivity index (χ1n) is 6.60. The highest BCUT2D eigenvalue weighted by Crippen LogP contribution is 2.24. The van der Waals surface area contributed by atoms with Crippen molar-refractivity contribution in [1.29, 1.82) is 0 Å². The van der Waals surface area contributed by atoms with Crippen molar-refractivity contribution >= 4 is 11.8 Å². The zero-order chi connectivity index (χ0) is 14.3. The molecule has 2 rings (SSSR count). The molecule has 0 aromatic heterocycles. The zero-order valence-corrected chi connectivity index (χ0v) is 11.5. The van der Waals surface area contributed by atoms with Crippen LogP contribution in [-0.4, -0.2) is 47.4 Å². The molecule has 2 amide bonds. The summed E-state index contributed by atoms with van der Waals surface area (Å²) in [6, 6.07) is 0.178. The maximum Gasteiger partial charge on any atom is 0.252 e. The van der Waals surface area contributed by atoms with Crippen molar-refractivity contribution in [2.45, 2.75) is 32.2 Å². The maximum absolute atomic E-state index is 10.8. The van der Waals surface area contributed by atoms with Crippen LogP contribution < -0.4 is 0 Å². The average molecular weight is 266 g/mol. The molecule has 19 heavy (non-hydrogen) atoms. The van der Waals surface area contributed by atoms with Gasteiger partial charge in [-0.15, -0.1) is 0 Å². The summed E-state index contributed by atoms with van der Waals surface area (Å²) in [7, 11) is 0. The van der Waals surface area contributed by atoms with Gasteiger partial charge in [0.2, 0.25) is 5.91 Å². The summed E-state index contributed by atoms with van der Waals surface area (Å²) in [5, 5.41) is 0. The Balaban J connectivity index is 0.000000191. The fraction of sp³-hybridized carbons (Fsp3) is 0.571. The van der Waals surface area contributed by atoms with Gasteiger partial charge in [0.25, 0.3) is 5.91 Å². The largest absolute Gasteiger partial charge is 0.370 e. The number of rotatable bonds is 5. The lowest BCUT2D eigenvalue weighted by atomic mass is 10.2. The van der Waals surface area contributed by atoms with Crippen molar-refractivity contribution < 1.29 is 14.3 Å². The molecular formula is C14H22N2O3. The summed E-state index contributed by atoms with van der Waals surface area (Å²) in [5.74, 6) is 0.236. The molecule has 5 heteroatoms. The molecule has 0 aromatic carbocycles. The normalized spacial score (nSPS) is 21.6. The molecule has 2 aliphatic rings. The van der Waals surface area contributed by atoms with Crippen LogP contribution >= 0.6 is 0 Å². The lowest BCUT2D eigenvalue weighted by molar-refractivity contribution is -0.139. The van der Waals surface area contributed by atoms with E-state index in [0.717, 1.165) is 19.3 Å². The number of unbranched alkanes of at least 4 members (excludes halogenated alkanes) is 1. The van der Waals surface area contributed by atoms with Crippen molar-refractivity contribution in [2.75, 3.05) is 19.8 Å². The molecule has 1 atom stereocenters. The van der Waals surface area contributed by atoms with E-state index in [1.54, 1.807) is 16.0 Å². The van der Waals surface area contributed by atoms with E-state index >= 15 is 0 Å². The van der Waals surface area contributed by atoms with Crippen molar-refractivity contribution in [2.24, 2.45) is 0 Å². The molecule has 2 saturated heterocycles. The van der Waals surface area contributed by atoms with E-state index in [0.29, 0.717) is 13.2 Å². The Labute approximate surface area is 114 Å². The van der Waals surface area contributed by atoms with Gasteiger partial charge in [0.05, 0.1) is 6.61 Å². The van der Waals surface area contributed by atoms with Gasteiger partial charge in [0.15, 0.2) is 0 Å². The third-order valence-electron chi connectivity index (χ3n) is 3.08. The van der Waals surface area contributed by atoms with Crippen LogP contribution in [0.3, 0.4) is 0 Å². The number of nitrogens with zero attached hydrogens (tertiary/aromatic N) is 2. The van der Waals surface area contributed by atoms with E-state index in [4.69, 9.17) is 4.74 Å². The van der Waals surface area contributed by atoms with Gasteiger partial charge in [-0.25, -0.2) is 0 Å². The lowest BCUT2D eigenvalue weighted by Gasteiger charge is -2.22. The zero-order valence-electron chi connectivity index (χ0n) is 11.5. The summed E-state index contributed by atoms with van der Waals surface area (Å²) < 4.78 is 4.87. The molecule has 1 unspecified atom stereocenters. The molecule has 0 aromatic rings. The van der Waals surface area contributed by atoms with Gasteiger partial charge in [0, 0.05) is 12.7 Å². The average Bonchev–Trinajstić information content (AvgIpc) is 3.07. The number of carbonyl (C=O) groups is 2. The smallest absolute Gasteiger partial charge is 0.252 e. The van der Waals surface area contributed by atoms with Crippen molar-refractivity contribution in [3.63, 3.8) is 0 Å². The maximum atomic E-state index is 10.8. The Kier molecular flexibility index (Phi) is 6.29. The van der Waals surface area contributed by atoms with Crippen molar-refractivity contribution in [3.05, 3.63) is 25.6 Å². The lowest BCUT2D eigenvalue weighted by Crippen LogP contribution is -2.37. The van der Waals surface area contributed by atoms with Gasteiger partial charge in [-0.1, -0.05) is 32.9 Å². The Bertz CT molecular complexity index is 355. The molecule has 2 aliphatic heterocycles. The Morgan fingerprint density at radius 1 is 1.37 bits per heavy atom. The fourth-order valence-electron chi connectivity index (χ4n) is 1.83. The highest BCUT2D eigenvalue weighted by atomic mass is 16.5. The van der Waals surface area contributed by atoms with E-state index in [-0.39, 0.29) is 24.5 Å². The molecule has 0 bridgehead atoms. The summed E-state index contributed by atoms with van der Waals surface area (Å²) in [6.45, 7) is 10.6. The number of hydrogen-bond acceptors (Lipinski definition) is 3. The molecule has 2 heterocycles. The summed E-state index contributed by atoms with van der Waals surface area (Å²) in [6.07, 6.45) is 6.45. The molecule has 0 aliphatic carbocycles. The minimum absolute atomic E-state index is 0.00347. The number of amides is 2. The van der Waals surface area contributed by atoms with Gasteiger partial charge >= 0.3 is 0 Å². The molecule has 0 saturated carbocycles. The van der Waals surface area contributed by atoms with Crippen LogP contribution in [-0.2, 0) is 14.3 Å². The summed E-state index contributed by atoms with van der Waals surface area (Å²) in [5.41, 5.74) is 0. The predicted molar refractivity (Wildman–Crippen MR) is 73.1 cm³/mol. The molecule has 5 nitrogen and oxygen atoms in total. The minimum atomic E-state index is -0.00347. The monoisotopic (exact) mass is 266 g/mol. The molecule has 2 fully saturated rings. The third kappa shape index (κ3) is 4.52. The van der Waals surface area contributed by atoms with Gasteiger partial charge in [-0.05, 0) is 12.6 Å². The van der Waals surface area contributed by atoms with Crippen molar-refractivity contribution in [3.8, 4) is 0 Å². The second-order valence-corrected chi connectivity index (χ2v) is 4.41. The second kappa shape index (κ2) is 7.74. The van der Waals surface area contributed by atoms with E-state index in [9.17, 15) is 9.59 Å². The molecule has 0 N–H and O–H groups in total. The van der Waals surface area contributed by atoms with Crippen LogP contribution in [0.15, 0.2) is 25.6 Å². The minimum Gasteiger partial charge on any atom is -0.370 e. The first-order chi connectivity index (χ1) is 9.15. The van der Waals surface area contributed by atoms with E-state index in [1.807, 2.05) is 0 Å². The highest BCUT2D eigenvalue weighted by Gasteiger charge is 2.42. The molecule has 106 valence electrons. The van der Waals surface area contributed by atoms with Crippen LogP contribution in [0.2, 0.25) is 0 Å². The Morgan fingerprint density at radius 2 is 2.11 bits per heavy atom. The van der Waals surface area contributed by atoms with E-state index in [2.05, 4.69) is 20.1 Å². The van der Waals surface area contributed by atoms with Crippen LogP contribution in [0.4, 0.5) is 0 Å². The quantitative estimate of drug-likeness (QED) is 0.709. The number of hydrogen-bond donors (Lipinski definition) is 0. The standard InChI is InChI=1S/C8H13NO.C6H9NO2/c1-3-5-6-7-8(10)9(7)4-2;1-2-7-3-4-9-5-6(7)8/h4,7H,2-3,5-6H2,1H3;2H,1,3-5H2. The predicted octanol–water partition coefficient (Wildman–Crippen LogP) is 1.52. The first kappa shape index (κ1) is 15.4. The SMILES string of the molecule is C=CN1C(=O)C1CCCC.C=CN1CCOCC1=O. The first-order valence-corrected chi connectivity index (χ1v) is 6.60. The summed E-state index contributed by atoms with van der Waals surface area (Å²) in [4.78, 5) is 24.8. The highest BCUT2D eigenvalue weighted by molar-refractivity contribution is 5.97. The Morgan fingerprint density at radius 3 is 2.53 bits per heavy atom. The van der Waals surface area contributed by atoms with E-state index < -0.39 is 0 Å². The summed E-state index contributed by atoms with van der Waals surface area (Å²) >= 11 is 0.